The summed E-state index contributed by atoms with van der Waals surface area (Å²) in [6, 6.07) is 5.68. The highest BCUT2D eigenvalue weighted by Gasteiger charge is 2.06. The SMILES string of the molecule is CCS(=O)(=O)CCCNc1ccc(Br)c(OC)c1. The standard InChI is InChI=1S/C12H18BrNO3S/c1-3-18(15,16)8-4-7-14-10-5-6-11(13)12(9-10)17-2/h5-6,9,14H,3-4,7-8H2,1-2H3. The smallest absolute Gasteiger partial charge is 0.150 e. The van der Waals surface area contributed by atoms with Crippen LogP contribution in [0.5, 0.6) is 5.75 Å². The van der Waals surface area contributed by atoms with Crippen molar-refractivity contribution in [3.8, 4) is 5.75 Å². The van der Waals surface area contributed by atoms with Crippen LogP contribution in [0.1, 0.15) is 13.3 Å². The van der Waals surface area contributed by atoms with Crippen molar-refractivity contribution in [2.75, 3.05) is 30.5 Å². The average molecular weight is 336 g/mol. The molecule has 0 aliphatic rings. The monoisotopic (exact) mass is 335 g/mol. The molecule has 0 fully saturated rings. The normalized spacial score (nSPS) is 11.3. The second kappa shape index (κ2) is 6.99. The molecule has 0 spiro atoms. The molecule has 4 nitrogen and oxygen atoms in total. The molecule has 102 valence electrons. The molecule has 1 rings (SSSR count). The lowest BCUT2D eigenvalue weighted by Gasteiger charge is -2.09. The van der Waals surface area contributed by atoms with E-state index in [-0.39, 0.29) is 11.5 Å². The lowest BCUT2D eigenvalue weighted by atomic mass is 10.3. The summed E-state index contributed by atoms with van der Waals surface area (Å²) in [6.45, 7) is 2.30. The van der Waals surface area contributed by atoms with Crippen molar-refractivity contribution >= 4 is 31.5 Å². The molecular formula is C12H18BrNO3S. The Morgan fingerprint density at radius 2 is 2.11 bits per heavy atom. The summed E-state index contributed by atoms with van der Waals surface area (Å²) >= 11 is 3.38. The van der Waals surface area contributed by atoms with E-state index in [1.807, 2.05) is 18.2 Å². The Kier molecular flexibility index (Phi) is 5.95. The lowest BCUT2D eigenvalue weighted by Crippen LogP contribution is -2.12. The van der Waals surface area contributed by atoms with Gasteiger partial charge in [0.25, 0.3) is 0 Å². The number of nitrogens with one attached hydrogen (secondary N) is 1. The zero-order valence-electron chi connectivity index (χ0n) is 10.6. The Morgan fingerprint density at radius 3 is 2.72 bits per heavy atom. The van der Waals surface area contributed by atoms with E-state index < -0.39 is 9.84 Å². The summed E-state index contributed by atoms with van der Waals surface area (Å²) in [5.74, 6) is 1.18. The second-order valence-corrected chi connectivity index (χ2v) is 7.19. The fourth-order valence-corrected chi connectivity index (χ4v) is 2.72. The average Bonchev–Trinajstić information content (AvgIpc) is 2.36. The van der Waals surface area contributed by atoms with Gasteiger partial charge in [0.1, 0.15) is 15.6 Å². The van der Waals surface area contributed by atoms with Crippen molar-refractivity contribution in [2.45, 2.75) is 13.3 Å². The molecule has 0 unspecified atom stereocenters. The first kappa shape index (κ1) is 15.3. The highest BCUT2D eigenvalue weighted by atomic mass is 79.9. The Labute approximate surface area is 117 Å². The highest BCUT2D eigenvalue weighted by Crippen LogP contribution is 2.27. The quantitative estimate of drug-likeness (QED) is 0.778. The molecule has 1 aromatic rings. The molecule has 0 saturated heterocycles. The van der Waals surface area contributed by atoms with Crippen LogP contribution in [0.25, 0.3) is 0 Å². The first-order chi connectivity index (χ1) is 8.48. The highest BCUT2D eigenvalue weighted by molar-refractivity contribution is 9.10. The van der Waals surface area contributed by atoms with Gasteiger partial charge in [-0.3, -0.25) is 0 Å². The van der Waals surface area contributed by atoms with Gasteiger partial charge in [0.15, 0.2) is 0 Å². The van der Waals surface area contributed by atoms with E-state index >= 15 is 0 Å². The van der Waals surface area contributed by atoms with E-state index in [2.05, 4.69) is 21.2 Å². The van der Waals surface area contributed by atoms with Crippen molar-refractivity contribution in [1.82, 2.24) is 0 Å². The van der Waals surface area contributed by atoms with Crippen molar-refractivity contribution in [3.05, 3.63) is 22.7 Å². The Balaban J connectivity index is 2.45. The molecule has 0 amide bonds. The van der Waals surface area contributed by atoms with Crippen LogP contribution < -0.4 is 10.1 Å². The first-order valence-corrected chi connectivity index (χ1v) is 8.38. The second-order valence-electron chi connectivity index (χ2n) is 3.87. The first-order valence-electron chi connectivity index (χ1n) is 5.76. The van der Waals surface area contributed by atoms with E-state index in [1.54, 1.807) is 14.0 Å². The number of halogens is 1. The van der Waals surface area contributed by atoms with Crippen LogP contribution in [0.4, 0.5) is 5.69 Å². The summed E-state index contributed by atoms with van der Waals surface area (Å²) in [5, 5.41) is 3.18. The fraction of sp³-hybridized carbons (Fsp3) is 0.500. The maximum atomic E-state index is 11.3. The molecule has 0 bridgehead atoms. The van der Waals surface area contributed by atoms with Crippen molar-refractivity contribution in [1.29, 1.82) is 0 Å². The number of hydrogen-bond acceptors (Lipinski definition) is 4. The van der Waals surface area contributed by atoms with Crippen LogP contribution in [0, 0.1) is 0 Å². The van der Waals surface area contributed by atoms with Crippen LogP contribution in [-0.2, 0) is 9.84 Å². The molecule has 0 aromatic heterocycles. The molecule has 18 heavy (non-hydrogen) atoms. The minimum atomic E-state index is -2.87. The minimum absolute atomic E-state index is 0.207. The molecule has 6 heteroatoms. The van der Waals surface area contributed by atoms with Gasteiger partial charge in [-0.2, -0.15) is 0 Å². The van der Waals surface area contributed by atoms with Crippen LogP contribution in [0.2, 0.25) is 0 Å². The minimum Gasteiger partial charge on any atom is -0.495 e. The number of benzene rings is 1. The number of ether oxygens (including phenoxy) is 1. The Hall–Kier alpha value is -0.750. The number of sulfone groups is 1. The summed E-state index contributed by atoms with van der Waals surface area (Å²) in [4.78, 5) is 0. The molecule has 1 N–H and O–H groups in total. The molecular weight excluding hydrogens is 318 g/mol. The van der Waals surface area contributed by atoms with Crippen LogP contribution in [0.15, 0.2) is 22.7 Å². The molecule has 0 saturated carbocycles. The maximum Gasteiger partial charge on any atom is 0.150 e. The van der Waals surface area contributed by atoms with Crippen molar-refractivity contribution in [2.24, 2.45) is 0 Å². The van der Waals surface area contributed by atoms with E-state index in [0.717, 1.165) is 15.9 Å². The molecule has 1 aromatic carbocycles. The predicted molar refractivity (Wildman–Crippen MR) is 78.1 cm³/mol. The Morgan fingerprint density at radius 1 is 1.39 bits per heavy atom. The number of anilines is 1. The number of methoxy groups -OCH3 is 1. The molecule has 0 heterocycles. The third kappa shape index (κ3) is 4.86. The van der Waals surface area contributed by atoms with E-state index in [4.69, 9.17) is 4.74 Å². The van der Waals surface area contributed by atoms with Gasteiger partial charge in [-0.1, -0.05) is 6.92 Å². The van der Waals surface area contributed by atoms with Gasteiger partial charge in [-0.05, 0) is 34.5 Å². The van der Waals surface area contributed by atoms with E-state index in [0.29, 0.717) is 13.0 Å². The summed E-state index contributed by atoms with van der Waals surface area (Å²) in [5.41, 5.74) is 0.920. The van der Waals surface area contributed by atoms with Gasteiger partial charge in [0, 0.05) is 24.1 Å². The molecule has 0 atom stereocenters. The summed E-state index contributed by atoms with van der Waals surface area (Å²) in [7, 11) is -1.26. The van der Waals surface area contributed by atoms with Gasteiger partial charge < -0.3 is 10.1 Å². The van der Waals surface area contributed by atoms with Gasteiger partial charge in [-0.15, -0.1) is 0 Å². The number of rotatable bonds is 7. The zero-order chi connectivity index (χ0) is 13.6. The molecule has 0 aliphatic carbocycles. The molecule has 0 aliphatic heterocycles. The van der Waals surface area contributed by atoms with Crippen LogP contribution in [0.3, 0.4) is 0 Å². The third-order valence-corrected chi connectivity index (χ3v) is 5.00. The Bertz CT molecular complexity index is 488. The van der Waals surface area contributed by atoms with Gasteiger partial charge in [0.05, 0.1) is 17.3 Å². The topological polar surface area (TPSA) is 55.4 Å². The molecule has 0 radical (unpaired) electrons. The summed E-state index contributed by atoms with van der Waals surface area (Å²) < 4.78 is 28.7. The van der Waals surface area contributed by atoms with Crippen molar-refractivity contribution < 1.29 is 13.2 Å². The summed E-state index contributed by atoms with van der Waals surface area (Å²) in [6.07, 6.45) is 0.606. The zero-order valence-corrected chi connectivity index (χ0v) is 13.0. The predicted octanol–water partition coefficient (Wildman–Crippen LogP) is 2.69. The van der Waals surface area contributed by atoms with Gasteiger partial charge in [-0.25, -0.2) is 8.42 Å². The maximum absolute atomic E-state index is 11.3. The van der Waals surface area contributed by atoms with E-state index in [9.17, 15) is 8.42 Å². The third-order valence-electron chi connectivity index (χ3n) is 2.55. The largest absolute Gasteiger partial charge is 0.495 e. The van der Waals surface area contributed by atoms with Crippen molar-refractivity contribution in [3.63, 3.8) is 0 Å². The van der Waals surface area contributed by atoms with Crippen LogP contribution in [-0.4, -0.2) is 33.6 Å². The number of hydrogen-bond donors (Lipinski definition) is 1. The fourth-order valence-electron chi connectivity index (χ4n) is 1.44. The lowest BCUT2D eigenvalue weighted by molar-refractivity contribution is 0.412. The van der Waals surface area contributed by atoms with E-state index in [1.165, 1.54) is 0 Å². The van der Waals surface area contributed by atoms with Crippen LogP contribution >= 0.6 is 15.9 Å². The van der Waals surface area contributed by atoms with Gasteiger partial charge >= 0.3 is 0 Å². The van der Waals surface area contributed by atoms with Gasteiger partial charge in [0.2, 0.25) is 0 Å².